The van der Waals surface area contributed by atoms with E-state index in [0.29, 0.717) is 0 Å². The van der Waals surface area contributed by atoms with Crippen molar-refractivity contribution in [2.45, 2.75) is 13.1 Å². The maximum atomic E-state index is 2.51. The maximum Gasteiger partial charge on any atom is 0.259 e. The Morgan fingerprint density at radius 2 is 1.00 bits per heavy atom. The zero-order valence-electron chi connectivity index (χ0n) is 14.8. The van der Waals surface area contributed by atoms with Crippen LogP contribution in [-0.4, -0.2) is 30.9 Å². The summed E-state index contributed by atoms with van der Waals surface area (Å²) in [4.78, 5) is 4.62. The van der Waals surface area contributed by atoms with Crippen LogP contribution in [0.3, 0.4) is 0 Å². The van der Waals surface area contributed by atoms with E-state index in [0.717, 1.165) is 13.3 Å². The molecule has 4 rings (SSSR count). The molecule has 0 aromatic heterocycles. The molecule has 0 unspecified atom stereocenters. The third-order valence-electron chi connectivity index (χ3n) is 5.04. The Hall–Kier alpha value is -2.66. The summed E-state index contributed by atoms with van der Waals surface area (Å²) in [7, 11) is -1.78. The third kappa shape index (κ3) is 3.03. The lowest BCUT2D eigenvalue weighted by atomic mass is 10.3. The second-order valence-electron chi connectivity index (χ2n) is 6.92. The maximum absolute atomic E-state index is 2.51. The highest BCUT2D eigenvalue weighted by Crippen LogP contribution is 2.28. The first kappa shape index (κ1) is 15.8. The largest absolute Gasteiger partial charge is 0.368 e. The highest BCUT2D eigenvalue weighted by molar-refractivity contribution is 6.72. The predicted molar refractivity (Wildman–Crippen MR) is 107 cm³/mol. The fourth-order valence-electron chi connectivity index (χ4n) is 3.29. The molecule has 0 atom stereocenters. The van der Waals surface area contributed by atoms with Crippen LogP contribution in [0.5, 0.6) is 0 Å². The van der Waals surface area contributed by atoms with Crippen LogP contribution in [0.4, 0.5) is 11.4 Å². The van der Waals surface area contributed by atoms with Gasteiger partial charge in [-0.05, 0) is 37.4 Å². The Balaban J connectivity index is 1.45. The fourth-order valence-corrected chi connectivity index (χ4v) is 5.48. The quantitative estimate of drug-likeness (QED) is 0.768. The lowest BCUT2D eigenvalue weighted by Crippen LogP contribution is -2.58. The van der Waals surface area contributed by atoms with Crippen LogP contribution in [0.25, 0.3) is 0 Å². The lowest BCUT2D eigenvalue weighted by molar-refractivity contribution is 0.486. The van der Waals surface area contributed by atoms with Crippen molar-refractivity contribution >= 4 is 19.8 Å². The summed E-state index contributed by atoms with van der Waals surface area (Å²) in [6.07, 6.45) is 8.88. The van der Waals surface area contributed by atoms with Gasteiger partial charge in [0, 0.05) is 36.2 Å². The van der Waals surface area contributed by atoms with Gasteiger partial charge in [0.15, 0.2) is 0 Å². The van der Waals surface area contributed by atoms with E-state index in [1.54, 1.807) is 0 Å². The second-order valence-corrected chi connectivity index (χ2v) is 11.1. The minimum atomic E-state index is -1.78. The van der Waals surface area contributed by atoms with Crippen LogP contribution in [-0.2, 0) is 0 Å². The van der Waals surface area contributed by atoms with Crippen LogP contribution < -0.4 is 9.80 Å². The molecule has 2 aliphatic rings. The van der Waals surface area contributed by atoms with Gasteiger partial charge in [0.25, 0.3) is 8.40 Å². The van der Waals surface area contributed by atoms with Crippen molar-refractivity contribution in [3.8, 4) is 0 Å². The van der Waals surface area contributed by atoms with E-state index in [4.69, 9.17) is 0 Å². The molecule has 5 heteroatoms. The molecule has 0 amide bonds. The van der Waals surface area contributed by atoms with Crippen LogP contribution in [0.15, 0.2) is 85.5 Å². The molecular weight excluding hydrogens is 324 g/mol. The van der Waals surface area contributed by atoms with Gasteiger partial charge in [-0.3, -0.25) is 0 Å². The van der Waals surface area contributed by atoms with Gasteiger partial charge in [0.2, 0.25) is 0 Å². The van der Waals surface area contributed by atoms with Gasteiger partial charge in [-0.25, -0.2) is 0 Å². The topological polar surface area (TPSA) is 13.0 Å². The first-order valence-corrected chi connectivity index (χ1v) is 11.6. The summed E-state index contributed by atoms with van der Waals surface area (Å²) in [6, 6.07) is 21.1. The summed E-state index contributed by atoms with van der Waals surface area (Å²) >= 11 is 0. The molecule has 0 aliphatic carbocycles. The number of rotatable bonds is 4. The van der Waals surface area contributed by atoms with Gasteiger partial charge in [-0.2, -0.15) is 0 Å². The van der Waals surface area contributed by atoms with Crippen molar-refractivity contribution < 1.29 is 0 Å². The Bertz CT molecular complexity index is 707. The zero-order valence-corrected chi connectivity index (χ0v) is 15.8. The van der Waals surface area contributed by atoms with Gasteiger partial charge in [0.1, 0.15) is 0 Å². The van der Waals surface area contributed by atoms with E-state index in [2.05, 4.69) is 117 Å². The molecule has 0 spiro atoms. The monoisotopic (exact) mass is 348 g/mol. The van der Waals surface area contributed by atoms with Crippen LogP contribution >= 0.6 is 0 Å². The molecule has 0 fully saturated rings. The average Bonchev–Trinajstić information content (AvgIpc) is 3.34. The number of para-hydroxylation sites is 2. The van der Waals surface area contributed by atoms with Crippen molar-refractivity contribution in [1.29, 1.82) is 0 Å². The van der Waals surface area contributed by atoms with Crippen LogP contribution in [0, 0.1) is 0 Å². The third-order valence-corrected chi connectivity index (χ3v) is 8.44. The summed E-state index contributed by atoms with van der Waals surface area (Å²) < 4.78 is 5.03. The van der Waals surface area contributed by atoms with Crippen molar-refractivity contribution in [3.05, 3.63) is 85.5 Å². The smallest absolute Gasteiger partial charge is 0.259 e. The number of anilines is 2. The van der Waals surface area contributed by atoms with Crippen molar-refractivity contribution in [1.82, 2.24) is 9.13 Å². The SMILES string of the molecule is C[Si](C)(N1C=CN(c2ccccc2)C1)N1C=CN(c2ccccc2)C1. The number of nitrogens with zero attached hydrogens (tertiary/aromatic N) is 4. The Labute approximate surface area is 151 Å². The molecule has 2 aromatic rings. The van der Waals surface area contributed by atoms with E-state index in [1.807, 2.05) is 0 Å². The van der Waals surface area contributed by atoms with E-state index in [9.17, 15) is 0 Å². The molecule has 0 radical (unpaired) electrons. The standard InChI is InChI=1S/C20H24N4Si/c1-25(2,23-15-13-21(17-23)19-9-5-3-6-10-19)24-16-14-22(18-24)20-11-7-4-8-12-20/h3-16H,17-18H2,1-2H3. The molecule has 0 saturated heterocycles. The minimum absolute atomic E-state index is 0.916. The molecule has 0 bridgehead atoms. The van der Waals surface area contributed by atoms with Gasteiger partial charge in [-0.1, -0.05) is 36.4 Å². The number of hydrogen-bond donors (Lipinski definition) is 0. The molecule has 2 aromatic carbocycles. The fraction of sp³-hybridized carbons (Fsp3) is 0.200. The van der Waals surface area contributed by atoms with Crippen LogP contribution in [0.1, 0.15) is 0 Å². The summed E-state index contributed by atoms with van der Waals surface area (Å²) in [5.41, 5.74) is 2.49. The van der Waals surface area contributed by atoms with Gasteiger partial charge in [-0.15, -0.1) is 0 Å². The Morgan fingerprint density at radius 3 is 1.40 bits per heavy atom. The predicted octanol–water partition coefficient (Wildman–Crippen LogP) is 4.19. The molecule has 2 aliphatic heterocycles. The van der Waals surface area contributed by atoms with Crippen molar-refractivity contribution in [2.24, 2.45) is 0 Å². The molecular formula is C20H24N4Si. The molecule has 25 heavy (non-hydrogen) atoms. The van der Waals surface area contributed by atoms with Crippen molar-refractivity contribution in [3.63, 3.8) is 0 Å². The zero-order chi connectivity index (χ0) is 17.3. The molecule has 2 heterocycles. The summed E-state index contributed by atoms with van der Waals surface area (Å²) in [5.74, 6) is 0. The molecule has 128 valence electrons. The minimum Gasteiger partial charge on any atom is -0.368 e. The van der Waals surface area contributed by atoms with E-state index >= 15 is 0 Å². The van der Waals surface area contributed by atoms with E-state index < -0.39 is 8.40 Å². The Kier molecular flexibility index (Phi) is 4.01. The van der Waals surface area contributed by atoms with Crippen LogP contribution in [0.2, 0.25) is 13.1 Å². The first-order chi connectivity index (χ1) is 12.1. The van der Waals surface area contributed by atoms with Gasteiger partial charge < -0.3 is 18.9 Å². The highest BCUT2D eigenvalue weighted by Gasteiger charge is 2.38. The second kappa shape index (κ2) is 6.33. The molecule has 0 N–H and O–H groups in total. The van der Waals surface area contributed by atoms with E-state index in [-0.39, 0.29) is 0 Å². The summed E-state index contributed by atoms with van der Waals surface area (Å²) in [5, 5.41) is 0. The average molecular weight is 349 g/mol. The Morgan fingerprint density at radius 1 is 0.600 bits per heavy atom. The highest BCUT2D eigenvalue weighted by atomic mass is 28.3. The number of hydrogen-bond acceptors (Lipinski definition) is 4. The van der Waals surface area contributed by atoms with Crippen molar-refractivity contribution in [2.75, 3.05) is 23.1 Å². The normalized spacial score (nSPS) is 17.0. The number of benzene rings is 2. The lowest BCUT2D eigenvalue weighted by Gasteiger charge is -2.41. The molecule has 4 nitrogen and oxygen atoms in total. The summed E-state index contributed by atoms with van der Waals surface area (Å²) in [6.45, 7) is 6.65. The molecule has 0 saturated carbocycles. The van der Waals surface area contributed by atoms with Gasteiger partial charge >= 0.3 is 0 Å². The first-order valence-electron chi connectivity index (χ1n) is 8.68. The van der Waals surface area contributed by atoms with Gasteiger partial charge in [0.05, 0.1) is 13.3 Å². The van der Waals surface area contributed by atoms with E-state index in [1.165, 1.54) is 11.4 Å².